The largest absolute Gasteiger partial charge is 0.465 e. The summed E-state index contributed by atoms with van der Waals surface area (Å²) in [5.41, 5.74) is 0. The summed E-state index contributed by atoms with van der Waals surface area (Å²) in [5, 5.41) is 0. The fourth-order valence-electron chi connectivity index (χ4n) is 2.57. The maximum Gasteiger partial charge on any atom is 0.364 e. The monoisotopic (exact) mass is 200 g/mol. The first-order valence-electron chi connectivity index (χ1n) is 5.56. The summed E-state index contributed by atoms with van der Waals surface area (Å²) in [7, 11) is 3.68. The minimum Gasteiger partial charge on any atom is -0.465 e. The number of likely N-dealkylation sites (N-methyl/N-ethyl adjacent to an activating group) is 1. The first kappa shape index (κ1) is 11.5. The molecule has 0 bridgehead atoms. The van der Waals surface area contributed by atoms with Gasteiger partial charge in [0.15, 0.2) is 6.04 Å². The molecule has 2 atom stereocenters. The molecule has 0 aromatic rings. The summed E-state index contributed by atoms with van der Waals surface area (Å²) in [4.78, 5) is 11.6. The fourth-order valence-corrected chi connectivity index (χ4v) is 2.57. The third-order valence-corrected chi connectivity index (χ3v) is 3.36. The third-order valence-electron chi connectivity index (χ3n) is 3.36. The van der Waals surface area contributed by atoms with Crippen molar-refractivity contribution >= 4 is 5.97 Å². The number of nitrogens with zero attached hydrogens (tertiary/aromatic N) is 1. The molecule has 0 aromatic carbocycles. The van der Waals surface area contributed by atoms with Gasteiger partial charge >= 0.3 is 5.97 Å². The van der Waals surface area contributed by atoms with Crippen LogP contribution in [0.1, 0.15) is 32.6 Å². The van der Waals surface area contributed by atoms with Crippen molar-refractivity contribution in [2.24, 2.45) is 0 Å². The van der Waals surface area contributed by atoms with Crippen molar-refractivity contribution in [1.29, 1.82) is 0 Å². The van der Waals surface area contributed by atoms with Gasteiger partial charge in [0, 0.05) is 6.42 Å². The highest BCUT2D eigenvalue weighted by molar-refractivity contribution is 5.74. The van der Waals surface area contributed by atoms with E-state index < -0.39 is 0 Å². The van der Waals surface area contributed by atoms with Gasteiger partial charge in [0.2, 0.25) is 0 Å². The van der Waals surface area contributed by atoms with E-state index in [0.29, 0.717) is 0 Å². The standard InChI is InChI=1S/C11H22NO2/c1-4-8-12(2)9-6-5-7-10(12)11(13)14-3/h10H,4-9H2,1-3H3/q+1. The van der Waals surface area contributed by atoms with Gasteiger partial charge in [-0.1, -0.05) is 6.92 Å². The average Bonchev–Trinajstić information content (AvgIpc) is 2.17. The molecule has 0 spiro atoms. The maximum absolute atomic E-state index is 11.6. The molecule has 0 saturated carbocycles. The van der Waals surface area contributed by atoms with E-state index in [-0.39, 0.29) is 12.0 Å². The van der Waals surface area contributed by atoms with Gasteiger partial charge < -0.3 is 9.22 Å². The number of methoxy groups -OCH3 is 1. The number of hydrogen-bond acceptors (Lipinski definition) is 2. The van der Waals surface area contributed by atoms with Crippen LogP contribution in [0.2, 0.25) is 0 Å². The van der Waals surface area contributed by atoms with Gasteiger partial charge in [-0.3, -0.25) is 0 Å². The SMILES string of the molecule is CCC[N+]1(C)CCCCC1C(=O)OC. The van der Waals surface area contributed by atoms with Gasteiger partial charge in [-0.2, -0.15) is 0 Å². The Morgan fingerprint density at radius 1 is 1.50 bits per heavy atom. The van der Waals surface area contributed by atoms with E-state index >= 15 is 0 Å². The number of hydrogen-bond donors (Lipinski definition) is 0. The van der Waals surface area contributed by atoms with Gasteiger partial charge in [-0.25, -0.2) is 4.79 Å². The number of quaternary nitrogens is 1. The van der Waals surface area contributed by atoms with Gasteiger partial charge in [-0.15, -0.1) is 0 Å². The van der Waals surface area contributed by atoms with E-state index in [9.17, 15) is 4.79 Å². The van der Waals surface area contributed by atoms with Gasteiger partial charge in [0.25, 0.3) is 0 Å². The van der Waals surface area contributed by atoms with E-state index in [4.69, 9.17) is 4.74 Å². The number of ether oxygens (including phenoxy) is 1. The maximum atomic E-state index is 11.6. The Labute approximate surface area is 86.6 Å². The van der Waals surface area contributed by atoms with Crippen molar-refractivity contribution in [2.45, 2.75) is 38.6 Å². The van der Waals surface area contributed by atoms with E-state index in [1.54, 1.807) is 0 Å². The van der Waals surface area contributed by atoms with Crippen LogP contribution in [0, 0.1) is 0 Å². The molecule has 82 valence electrons. The fraction of sp³-hybridized carbons (Fsp3) is 0.909. The lowest BCUT2D eigenvalue weighted by Gasteiger charge is -2.43. The van der Waals surface area contributed by atoms with E-state index in [1.807, 2.05) is 0 Å². The lowest BCUT2D eigenvalue weighted by atomic mass is 9.99. The van der Waals surface area contributed by atoms with Crippen LogP contribution in [0.25, 0.3) is 0 Å². The lowest BCUT2D eigenvalue weighted by Crippen LogP contribution is -2.58. The zero-order valence-electron chi connectivity index (χ0n) is 9.58. The number of likely N-dealkylation sites (tertiary alicyclic amines) is 1. The molecule has 3 nitrogen and oxygen atoms in total. The number of esters is 1. The Balaban J connectivity index is 2.72. The van der Waals surface area contributed by atoms with Gasteiger partial charge in [0.05, 0.1) is 27.2 Å². The van der Waals surface area contributed by atoms with Crippen LogP contribution in [-0.2, 0) is 9.53 Å². The molecular weight excluding hydrogens is 178 g/mol. The quantitative estimate of drug-likeness (QED) is 0.510. The van der Waals surface area contributed by atoms with Crippen LogP contribution in [0.15, 0.2) is 0 Å². The predicted octanol–water partition coefficient (Wildman–Crippen LogP) is 1.57. The topological polar surface area (TPSA) is 26.3 Å². The van der Waals surface area contributed by atoms with Gasteiger partial charge in [0.1, 0.15) is 0 Å². The smallest absolute Gasteiger partial charge is 0.364 e. The highest BCUT2D eigenvalue weighted by Crippen LogP contribution is 2.25. The molecule has 0 aromatic heterocycles. The van der Waals surface area contributed by atoms with E-state index in [2.05, 4.69) is 14.0 Å². The van der Waals surface area contributed by atoms with Crippen molar-refractivity contribution in [3.05, 3.63) is 0 Å². The average molecular weight is 200 g/mol. The summed E-state index contributed by atoms with van der Waals surface area (Å²) >= 11 is 0. The van der Waals surface area contributed by atoms with Crippen LogP contribution >= 0.6 is 0 Å². The Kier molecular flexibility index (Phi) is 3.93. The molecule has 1 rings (SSSR count). The number of piperidine rings is 1. The third kappa shape index (κ3) is 2.27. The summed E-state index contributed by atoms with van der Waals surface area (Å²) < 4.78 is 5.76. The number of rotatable bonds is 3. The summed E-state index contributed by atoms with van der Waals surface area (Å²) in [6, 6.07) is 0.0775. The van der Waals surface area contributed by atoms with Crippen molar-refractivity contribution in [3.8, 4) is 0 Å². The van der Waals surface area contributed by atoms with Crippen LogP contribution in [-0.4, -0.2) is 43.7 Å². The molecule has 1 saturated heterocycles. The molecule has 1 aliphatic rings. The second-order valence-electron chi connectivity index (χ2n) is 4.46. The van der Waals surface area contributed by atoms with E-state index in [0.717, 1.165) is 36.8 Å². The number of carbonyl (C=O) groups excluding carboxylic acids is 1. The molecule has 1 fully saturated rings. The minimum absolute atomic E-state index is 0.0272. The first-order chi connectivity index (χ1) is 6.64. The second-order valence-corrected chi connectivity index (χ2v) is 4.46. The molecule has 1 aliphatic heterocycles. The van der Waals surface area contributed by atoms with Crippen LogP contribution in [0.4, 0.5) is 0 Å². The van der Waals surface area contributed by atoms with Crippen molar-refractivity contribution in [1.82, 2.24) is 0 Å². The molecule has 0 N–H and O–H groups in total. The van der Waals surface area contributed by atoms with Crippen LogP contribution < -0.4 is 0 Å². The molecule has 14 heavy (non-hydrogen) atoms. The van der Waals surface area contributed by atoms with Crippen molar-refractivity contribution in [3.63, 3.8) is 0 Å². The summed E-state index contributed by atoms with van der Waals surface area (Å²) in [6.07, 6.45) is 4.52. The predicted molar refractivity (Wildman–Crippen MR) is 55.9 cm³/mol. The van der Waals surface area contributed by atoms with Gasteiger partial charge in [-0.05, 0) is 19.3 Å². The van der Waals surface area contributed by atoms with Crippen molar-refractivity contribution in [2.75, 3.05) is 27.2 Å². The van der Waals surface area contributed by atoms with Crippen molar-refractivity contribution < 1.29 is 14.0 Å². The molecule has 2 unspecified atom stereocenters. The molecule has 0 radical (unpaired) electrons. The Morgan fingerprint density at radius 3 is 2.79 bits per heavy atom. The lowest BCUT2D eigenvalue weighted by molar-refractivity contribution is -0.930. The van der Waals surface area contributed by atoms with Crippen LogP contribution in [0.5, 0.6) is 0 Å². The number of carbonyl (C=O) groups is 1. The Hall–Kier alpha value is -0.570. The first-order valence-corrected chi connectivity index (χ1v) is 5.56. The second kappa shape index (κ2) is 4.78. The molecular formula is C11H22NO2+. The summed E-state index contributed by atoms with van der Waals surface area (Å²) in [5.74, 6) is -0.0272. The Bertz CT molecular complexity index is 201. The van der Waals surface area contributed by atoms with Crippen LogP contribution in [0.3, 0.4) is 0 Å². The zero-order valence-corrected chi connectivity index (χ0v) is 9.58. The normalized spacial score (nSPS) is 32.6. The highest BCUT2D eigenvalue weighted by atomic mass is 16.5. The van der Waals surface area contributed by atoms with E-state index in [1.165, 1.54) is 13.5 Å². The minimum atomic E-state index is -0.0272. The molecule has 1 heterocycles. The summed E-state index contributed by atoms with van der Waals surface area (Å²) in [6.45, 7) is 4.37. The molecule has 3 heteroatoms. The molecule has 0 amide bonds. The zero-order chi connectivity index (χ0) is 10.6. The highest BCUT2D eigenvalue weighted by Gasteiger charge is 2.40. The Morgan fingerprint density at radius 2 is 2.21 bits per heavy atom. The molecule has 0 aliphatic carbocycles.